The SMILES string of the molecule is NC1Cc2ccccc2C1.NC1Cc2ccccc2C1. The van der Waals surface area contributed by atoms with Crippen molar-refractivity contribution in [2.75, 3.05) is 0 Å². The van der Waals surface area contributed by atoms with Crippen LogP contribution in [0.25, 0.3) is 0 Å². The van der Waals surface area contributed by atoms with Crippen LogP contribution >= 0.6 is 0 Å². The molecule has 4 N–H and O–H groups in total. The molecule has 0 heterocycles. The van der Waals surface area contributed by atoms with E-state index in [1.54, 1.807) is 0 Å². The Labute approximate surface area is 120 Å². The van der Waals surface area contributed by atoms with Gasteiger partial charge in [-0.2, -0.15) is 0 Å². The molecule has 2 aromatic rings. The summed E-state index contributed by atoms with van der Waals surface area (Å²) in [5, 5.41) is 0. The van der Waals surface area contributed by atoms with E-state index in [2.05, 4.69) is 48.5 Å². The number of fused-ring (bicyclic) bond motifs is 2. The summed E-state index contributed by atoms with van der Waals surface area (Å²) in [5.41, 5.74) is 17.3. The highest BCUT2D eigenvalue weighted by Crippen LogP contribution is 2.20. The lowest BCUT2D eigenvalue weighted by Crippen LogP contribution is -2.18. The molecule has 2 nitrogen and oxygen atoms in total. The van der Waals surface area contributed by atoms with Crippen LogP contribution in [-0.4, -0.2) is 12.1 Å². The van der Waals surface area contributed by atoms with Gasteiger partial charge in [0.05, 0.1) is 0 Å². The minimum absolute atomic E-state index is 0.373. The van der Waals surface area contributed by atoms with E-state index in [9.17, 15) is 0 Å². The summed E-state index contributed by atoms with van der Waals surface area (Å²) in [5.74, 6) is 0. The number of rotatable bonds is 0. The fraction of sp³-hybridized carbons (Fsp3) is 0.333. The zero-order valence-corrected chi connectivity index (χ0v) is 11.8. The summed E-state index contributed by atoms with van der Waals surface area (Å²) in [6.45, 7) is 0. The lowest BCUT2D eigenvalue weighted by molar-refractivity contribution is 0.721. The molecule has 0 saturated carbocycles. The van der Waals surface area contributed by atoms with Gasteiger partial charge in [-0.05, 0) is 47.9 Å². The lowest BCUT2D eigenvalue weighted by Gasteiger charge is -1.94. The topological polar surface area (TPSA) is 52.0 Å². The van der Waals surface area contributed by atoms with Crippen molar-refractivity contribution in [2.45, 2.75) is 37.8 Å². The third-order valence-electron chi connectivity index (χ3n) is 4.17. The molecule has 0 amide bonds. The molecule has 4 rings (SSSR count). The average Bonchev–Trinajstić information content (AvgIpc) is 2.99. The van der Waals surface area contributed by atoms with Crippen LogP contribution in [0, 0.1) is 0 Å². The van der Waals surface area contributed by atoms with Crippen molar-refractivity contribution in [3.05, 3.63) is 70.8 Å². The van der Waals surface area contributed by atoms with Crippen LogP contribution in [0.15, 0.2) is 48.5 Å². The van der Waals surface area contributed by atoms with E-state index in [-0.39, 0.29) is 0 Å². The molecule has 104 valence electrons. The summed E-state index contributed by atoms with van der Waals surface area (Å²) >= 11 is 0. The summed E-state index contributed by atoms with van der Waals surface area (Å²) in [6.07, 6.45) is 4.26. The van der Waals surface area contributed by atoms with Gasteiger partial charge in [-0.1, -0.05) is 48.5 Å². The first-order valence-corrected chi connectivity index (χ1v) is 7.37. The van der Waals surface area contributed by atoms with Crippen molar-refractivity contribution in [3.63, 3.8) is 0 Å². The minimum Gasteiger partial charge on any atom is -0.327 e. The smallest absolute Gasteiger partial charge is 0.0120 e. The molecule has 0 bridgehead atoms. The monoisotopic (exact) mass is 266 g/mol. The first-order chi connectivity index (χ1) is 9.72. The number of nitrogens with two attached hydrogens (primary N) is 2. The van der Waals surface area contributed by atoms with Crippen LogP contribution in [0.1, 0.15) is 22.3 Å². The van der Waals surface area contributed by atoms with E-state index < -0.39 is 0 Å². The minimum atomic E-state index is 0.373. The Hall–Kier alpha value is -1.64. The molecular weight excluding hydrogens is 244 g/mol. The van der Waals surface area contributed by atoms with E-state index in [0.717, 1.165) is 25.7 Å². The van der Waals surface area contributed by atoms with Crippen molar-refractivity contribution in [1.82, 2.24) is 0 Å². The molecule has 2 aliphatic carbocycles. The van der Waals surface area contributed by atoms with Crippen molar-refractivity contribution in [1.29, 1.82) is 0 Å². The second-order valence-corrected chi connectivity index (χ2v) is 5.87. The second-order valence-electron chi connectivity index (χ2n) is 5.87. The Morgan fingerprint density at radius 3 is 1.05 bits per heavy atom. The Balaban J connectivity index is 0.000000121. The Morgan fingerprint density at radius 2 is 0.800 bits per heavy atom. The van der Waals surface area contributed by atoms with E-state index >= 15 is 0 Å². The first-order valence-electron chi connectivity index (χ1n) is 7.37. The van der Waals surface area contributed by atoms with Gasteiger partial charge in [-0.25, -0.2) is 0 Å². The van der Waals surface area contributed by atoms with Gasteiger partial charge in [-0.15, -0.1) is 0 Å². The van der Waals surface area contributed by atoms with E-state index in [0.29, 0.717) is 12.1 Å². The Bertz CT molecular complexity index is 488. The third-order valence-corrected chi connectivity index (χ3v) is 4.17. The van der Waals surface area contributed by atoms with Gasteiger partial charge in [0.15, 0.2) is 0 Å². The largest absolute Gasteiger partial charge is 0.327 e. The van der Waals surface area contributed by atoms with Crippen LogP contribution in [0.2, 0.25) is 0 Å². The van der Waals surface area contributed by atoms with Gasteiger partial charge < -0.3 is 11.5 Å². The molecule has 0 saturated heterocycles. The predicted molar refractivity (Wildman–Crippen MR) is 83.7 cm³/mol. The van der Waals surface area contributed by atoms with Crippen molar-refractivity contribution in [2.24, 2.45) is 11.5 Å². The normalized spacial score (nSPS) is 17.3. The Morgan fingerprint density at radius 1 is 0.550 bits per heavy atom. The zero-order valence-electron chi connectivity index (χ0n) is 11.8. The number of benzene rings is 2. The molecule has 0 radical (unpaired) electrons. The molecular formula is C18H22N2. The maximum atomic E-state index is 5.78. The highest BCUT2D eigenvalue weighted by Gasteiger charge is 2.16. The van der Waals surface area contributed by atoms with Crippen molar-refractivity contribution >= 4 is 0 Å². The van der Waals surface area contributed by atoms with E-state index in [1.807, 2.05) is 0 Å². The predicted octanol–water partition coefficient (Wildman–Crippen LogP) is 2.22. The second kappa shape index (κ2) is 5.78. The zero-order chi connectivity index (χ0) is 13.9. The molecule has 2 heteroatoms. The highest BCUT2D eigenvalue weighted by molar-refractivity contribution is 5.33. The van der Waals surface area contributed by atoms with E-state index in [1.165, 1.54) is 22.3 Å². The van der Waals surface area contributed by atoms with Crippen LogP contribution in [0.3, 0.4) is 0 Å². The quantitative estimate of drug-likeness (QED) is 0.768. The van der Waals surface area contributed by atoms with Gasteiger partial charge in [0.2, 0.25) is 0 Å². The number of hydrogen-bond acceptors (Lipinski definition) is 2. The molecule has 2 aromatic carbocycles. The summed E-state index contributed by atoms with van der Waals surface area (Å²) in [4.78, 5) is 0. The van der Waals surface area contributed by atoms with Gasteiger partial charge >= 0.3 is 0 Å². The summed E-state index contributed by atoms with van der Waals surface area (Å²) in [6, 6.07) is 17.7. The molecule has 0 spiro atoms. The molecule has 20 heavy (non-hydrogen) atoms. The number of hydrogen-bond donors (Lipinski definition) is 2. The fourth-order valence-electron chi connectivity index (χ4n) is 3.19. The van der Waals surface area contributed by atoms with Crippen LogP contribution in [0.5, 0.6) is 0 Å². The highest BCUT2D eigenvalue weighted by atomic mass is 14.6. The average molecular weight is 266 g/mol. The summed E-state index contributed by atoms with van der Waals surface area (Å²) in [7, 11) is 0. The van der Waals surface area contributed by atoms with Gasteiger partial charge in [0, 0.05) is 12.1 Å². The third kappa shape index (κ3) is 2.92. The summed E-state index contributed by atoms with van der Waals surface area (Å²) < 4.78 is 0. The van der Waals surface area contributed by atoms with Gasteiger partial charge in [0.25, 0.3) is 0 Å². The first kappa shape index (κ1) is 13.3. The van der Waals surface area contributed by atoms with Crippen molar-refractivity contribution in [3.8, 4) is 0 Å². The van der Waals surface area contributed by atoms with Crippen LogP contribution in [0.4, 0.5) is 0 Å². The molecule has 0 aromatic heterocycles. The lowest BCUT2D eigenvalue weighted by atomic mass is 10.1. The molecule has 0 unspecified atom stereocenters. The Kier molecular flexibility index (Phi) is 3.86. The fourth-order valence-corrected chi connectivity index (χ4v) is 3.19. The van der Waals surface area contributed by atoms with Crippen LogP contribution < -0.4 is 11.5 Å². The van der Waals surface area contributed by atoms with Crippen LogP contribution in [-0.2, 0) is 25.7 Å². The molecule has 0 fully saturated rings. The van der Waals surface area contributed by atoms with Gasteiger partial charge in [-0.3, -0.25) is 0 Å². The molecule has 2 aliphatic rings. The van der Waals surface area contributed by atoms with E-state index in [4.69, 9.17) is 11.5 Å². The maximum Gasteiger partial charge on any atom is 0.0120 e. The van der Waals surface area contributed by atoms with Crippen molar-refractivity contribution < 1.29 is 0 Å². The van der Waals surface area contributed by atoms with Gasteiger partial charge in [0.1, 0.15) is 0 Å². The standard InChI is InChI=1S/2C9H11N/c2*10-9-5-7-3-1-2-4-8(7)6-9/h2*1-4,9H,5-6,10H2. The molecule has 0 aliphatic heterocycles. The molecule has 0 atom stereocenters. The maximum absolute atomic E-state index is 5.78.